The molecule has 1 aromatic rings. The van der Waals surface area contributed by atoms with Crippen LogP contribution in [0.3, 0.4) is 0 Å². The molecule has 5 nitrogen and oxygen atoms in total. The maximum atomic E-state index is 13.2. The van der Waals surface area contributed by atoms with Gasteiger partial charge in [-0.3, -0.25) is 4.79 Å². The minimum atomic E-state index is -1.39. The van der Waals surface area contributed by atoms with Crippen LogP contribution in [0.15, 0.2) is 28.4 Å². The summed E-state index contributed by atoms with van der Waals surface area (Å²) in [7, 11) is 0. The lowest BCUT2D eigenvalue weighted by Crippen LogP contribution is -2.24. The molecule has 1 unspecified atom stereocenters. The van der Waals surface area contributed by atoms with Crippen molar-refractivity contribution in [1.82, 2.24) is 0 Å². The van der Waals surface area contributed by atoms with Crippen LogP contribution >= 0.6 is 22.6 Å². The first-order valence-electron chi connectivity index (χ1n) is 4.09. The molecule has 0 aliphatic heterocycles. The SMILES string of the molecule is N#CC(N=Nc1ccc(I)cc1F)C(N)=O. The predicted octanol–water partition coefficient (Wildman–Crippen LogP) is 1.89. The maximum Gasteiger partial charge on any atom is 0.258 e. The number of carbonyl (C=O) groups excluding carboxylic acids is 1. The van der Waals surface area contributed by atoms with Crippen LogP contribution < -0.4 is 5.73 Å². The number of benzene rings is 1. The number of hydrogen-bond acceptors (Lipinski definition) is 4. The van der Waals surface area contributed by atoms with Crippen molar-refractivity contribution in [2.24, 2.45) is 16.0 Å². The highest BCUT2D eigenvalue weighted by Crippen LogP contribution is 2.20. The van der Waals surface area contributed by atoms with Gasteiger partial charge in [0.05, 0.1) is 0 Å². The second-order valence-electron chi connectivity index (χ2n) is 2.75. The van der Waals surface area contributed by atoms with Crippen LogP contribution in [0.2, 0.25) is 0 Å². The molecular weight excluding hydrogens is 326 g/mol. The minimum absolute atomic E-state index is 0.0399. The molecule has 0 saturated carbocycles. The summed E-state index contributed by atoms with van der Waals surface area (Å²) in [6.07, 6.45) is 0. The van der Waals surface area contributed by atoms with Gasteiger partial charge in [0.1, 0.15) is 11.8 Å². The largest absolute Gasteiger partial charge is 0.367 e. The number of primary amides is 1. The van der Waals surface area contributed by atoms with Crippen molar-refractivity contribution in [2.75, 3.05) is 0 Å². The Balaban J connectivity index is 2.92. The molecule has 0 aliphatic carbocycles. The lowest BCUT2D eigenvalue weighted by atomic mass is 10.3. The number of nitrogens with zero attached hydrogens (tertiary/aromatic N) is 3. The monoisotopic (exact) mass is 332 g/mol. The molecule has 1 rings (SSSR count). The Morgan fingerprint density at radius 2 is 2.31 bits per heavy atom. The molecule has 1 aromatic carbocycles. The summed E-state index contributed by atoms with van der Waals surface area (Å²) in [6.45, 7) is 0. The molecular formula is C9H6FIN4O. The zero-order valence-corrected chi connectivity index (χ0v) is 10.1. The number of rotatable bonds is 3. The minimum Gasteiger partial charge on any atom is -0.367 e. The second kappa shape index (κ2) is 5.50. The third-order valence-electron chi connectivity index (χ3n) is 1.58. The van der Waals surface area contributed by atoms with E-state index in [1.54, 1.807) is 12.1 Å². The summed E-state index contributed by atoms with van der Waals surface area (Å²) >= 11 is 1.94. The molecule has 0 bridgehead atoms. The summed E-state index contributed by atoms with van der Waals surface area (Å²) < 4.78 is 14.0. The Morgan fingerprint density at radius 1 is 1.62 bits per heavy atom. The number of nitriles is 1. The quantitative estimate of drug-likeness (QED) is 0.676. The average Bonchev–Trinajstić information content (AvgIpc) is 2.21. The van der Waals surface area contributed by atoms with Gasteiger partial charge in [0, 0.05) is 3.57 Å². The highest BCUT2D eigenvalue weighted by Gasteiger charge is 2.12. The van der Waals surface area contributed by atoms with E-state index in [9.17, 15) is 9.18 Å². The van der Waals surface area contributed by atoms with Crippen LogP contribution in [0.25, 0.3) is 0 Å². The Hall–Kier alpha value is -1.56. The molecule has 0 radical (unpaired) electrons. The van der Waals surface area contributed by atoms with Crippen molar-refractivity contribution in [3.05, 3.63) is 27.6 Å². The standard InChI is InChI=1S/C9H6FIN4O/c10-6-3-5(11)1-2-7(6)14-15-8(4-12)9(13)16/h1-3,8H,(H2,13,16). The lowest BCUT2D eigenvalue weighted by Gasteiger charge is -1.97. The molecule has 0 aromatic heterocycles. The normalized spacial score (nSPS) is 12.3. The number of nitrogens with two attached hydrogens (primary N) is 1. The van der Waals surface area contributed by atoms with Gasteiger partial charge in [-0.1, -0.05) is 0 Å². The van der Waals surface area contributed by atoms with Gasteiger partial charge in [-0.25, -0.2) is 4.39 Å². The predicted molar refractivity (Wildman–Crippen MR) is 62.2 cm³/mol. The Kier molecular flexibility index (Phi) is 4.30. The molecule has 0 heterocycles. The zero-order valence-electron chi connectivity index (χ0n) is 7.89. The van der Waals surface area contributed by atoms with E-state index >= 15 is 0 Å². The van der Waals surface area contributed by atoms with Gasteiger partial charge in [-0.05, 0) is 40.8 Å². The van der Waals surface area contributed by atoms with Crippen LogP contribution in [-0.4, -0.2) is 11.9 Å². The molecule has 1 amide bonds. The topological polar surface area (TPSA) is 91.6 Å². The van der Waals surface area contributed by atoms with Gasteiger partial charge in [0.2, 0.25) is 6.04 Å². The number of carbonyl (C=O) groups is 1. The van der Waals surface area contributed by atoms with E-state index in [-0.39, 0.29) is 5.69 Å². The maximum absolute atomic E-state index is 13.2. The fraction of sp³-hybridized carbons (Fsp3) is 0.111. The number of amides is 1. The van der Waals surface area contributed by atoms with Crippen LogP contribution in [0.4, 0.5) is 10.1 Å². The molecule has 7 heteroatoms. The fourth-order valence-corrected chi connectivity index (χ4v) is 1.28. The Morgan fingerprint density at radius 3 is 2.81 bits per heavy atom. The first-order valence-corrected chi connectivity index (χ1v) is 5.17. The van der Waals surface area contributed by atoms with Crippen molar-refractivity contribution in [1.29, 1.82) is 5.26 Å². The molecule has 0 spiro atoms. The summed E-state index contributed by atoms with van der Waals surface area (Å²) in [4.78, 5) is 10.6. The highest BCUT2D eigenvalue weighted by atomic mass is 127. The van der Waals surface area contributed by atoms with Gasteiger partial charge in [0.15, 0.2) is 5.82 Å². The van der Waals surface area contributed by atoms with E-state index in [0.29, 0.717) is 3.57 Å². The van der Waals surface area contributed by atoms with E-state index in [1.165, 1.54) is 12.1 Å². The van der Waals surface area contributed by atoms with Gasteiger partial charge in [0.25, 0.3) is 5.91 Å². The van der Waals surface area contributed by atoms with Crippen molar-refractivity contribution < 1.29 is 9.18 Å². The van der Waals surface area contributed by atoms with Gasteiger partial charge in [-0.15, -0.1) is 0 Å². The van der Waals surface area contributed by atoms with Gasteiger partial charge < -0.3 is 5.73 Å². The highest BCUT2D eigenvalue weighted by molar-refractivity contribution is 14.1. The summed E-state index contributed by atoms with van der Waals surface area (Å²) in [5.41, 5.74) is 4.82. The number of hydrogen-bond donors (Lipinski definition) is 1. The van der Waals surface area contributed by atoms with E-state index in [4.69, 9.17) is 11.0 Å². The summed E-state index contributed by atoms with van der Waals surface area (Å²) in [6, 6.07) is 4.45. The Bertz CT molecular complexity index is 483. The van der Waals surface area contributed by atoms with Crippen LogP contribution in [0.1, 0.15) is 0 Å². The first-order chi connectivity index (χ1) is 7.54. The molecule has 82 valence electrons. The van der Waals surface area contributed by atoms with Crippen molar-refractivity contribution in [3.8, 4) is 6.07 Å². The van der Waals surface area contributed by atoms with E-state index in [2.05, 4.69) is 10.2 Å². The van der Waals surface area contributed by atoms with Crippen LogP contribution in [0.5, 0.6) is 0 Å². The number of azo groups is 1. The molecule has 0 aliphatic rings. The smallest absolute Gasteiger partial charge is 0.258 e. The second-order valence-corrected chi connectivity index (χ2v) is 3.99. The Labute approximate surface area is 104 Å². The zero-order chi connectivity index (χ0) is 12.1. The molecule has 1 atom stereocenters. The third-order valence-corrected chi connectivity index (χ3v) is 2.25. The van der Waals surface area contributed by atoms with Gasteiger partial charge >= 0.3 is 0 Å². The van der Waals surface area contributed by atoms with Crippen molar-refractivity contribution in [3.63, 3.8) is 0 Å². The molecule has 0 saturated heterocycles. The van der Waals surface area contributed by atoms with Crippen molar-refractivity contribution in [2.45, 2.75) is 6.04 Å². The molecule has 0 fully saturated rings. The summed E-state index contributed by atoms with van der Waals surface area (Å²) in [5.74, 6) is -1.49. The molecule has 2 N–H and O–H groups in total. The summed E-state index contributed by atoms with van der Waals surface area (Å²) in [5, 5.41) is 15.3. The molecule has 16 heavy (non-hydrogen) atoms. The van der Waals surface area contributed by atoms with E-state index in [0.717, 1.165) is 0 Å². The first kappa shape index (κ1) is 12.5. The van der Waals surface area contributed by atoms with Crippen LogP contribution in [-0.2, 0) is 4.79 Å². The van der Waals surface area contributed by atoms with E-state index in [1.807, 2.05) is 22.6 Å². The van der Waals surface area contributed by atoms with Gasteiger partial charge in [-0.2, -0.15) is 15.5 Å². The van der Waals surface area contributed by atoms with Crippen LogP contribution in [0, 0.1) is 20.7 Å². The third kappa shape index (κ3) is 3.23. The fourth-order valence-electron chi connectivity index (χ4n) is 0.829. The van der Waals surface area contributed by atoms with Crippen molar-refractivity contribution >= 4 is 34.2 Å². The van der Waals surface area contributed by atoms with E-state index < -0.39 is 17.8 Å². The average molecular weight is 332 g/mol. The lowest BCUT2D eigenvalue weighted by molar-refractivity contribution is -0.118. The number of halogens is 2.